The predicted molar refractivity (Wildman–Crippen MR) is 76.9 cm³/mol. The highest BCUT2D eigenvalue weighted by Gasteiger charge is 2.26. The van der Waals surface area contributed by atoms with E-state index in [-0.39, 0.29) is 5.69 Å². The van der Waals surface area contributed by atoms with Crippen LogP contribution in [-0.4, -0.2) is 16.1 Å². The molecular weight excluding hydrogens is 250 g/mol. The van der Waals surface area contributed by atoms with Crippen LogP contribution in [0.25, 0.3) is 22.0 Å². The Hall–Kier alpha value is -2.68. The summed E-state index contributed by atoms with van der Waals surface area (Å²) in [5.41, 5.74) is 5.07. The van der Waals surface area contributed by atoms with Crippen LogP contribution in [0, 0.1) is 0 Å². The van der Waals surface area contributed by atoms with Crippen LogP contribution >= 0.6 is 0 Å². The van der Waals surface area contributed by atoms with Gasteiger partial charge in [0.1, 0.15) is 0 Å². The smallest absolute Gasteiger partial charge is 0.354 e. The van der Waals surface area contributed by atoms with Gasteiger partial charge in [-0.1, -0.05) is 42.5 Å². The topological polar surface area (TPSA) is 50.2 Å². The van der Waals surface area contributed by atoms with E-state index < -0.39 is 5.97 Å². The number of hydrogen-bond donors (Lipinski definition) is 1. The molecule has 0 atom stereocenters. The van der Waals surface area contributed by atoms with Crippen molar-refractivity contribution in [3.8, 4) is 11.1 Å². The number of carboxylic acid groups (broad SMARTS) is 1. The number of para-hydroxylation sites is 1. The second-order valence-electron chi connectivity index (χ2n) is 4.97. The second-order valence-corrected chi connectivity index (χ2v) is 4.97. The molecule has 0 bridgehead atoms. The Bertz CT molecular complexity index is 868. The van der Waals surface area contributed by atoms with E-state index in [0.29, 0.717) is 6.42 Å². The normalized spacial score (nSPS) is 12.2. The van der Waals surface area contributed by atoms with Gasteiger partial charge in [-0.3, -0.25) is 0 Å². The molecule has 2 aromatic carbocycles. The van der Waals surface area contributed by atoms with Crippen molar-refractivity contribution in [2.75, 3.05) is 0 Å². The molecule has 96 valence electrons. The van der Waals surface area contributed by atoms with E-state index in [4.69, 9.17) is 0 Å². The van der Waals surface area contributed by atoms with Gasteiger partial charge in [0, 0.05) is 11.8 Å². The Morgan fingerprint density at radius 2 is 1.80 bits per heavy atom. The van der Waals surface area contributed by atoms with Crippen LogP contribution in [0.3, 0.4) is 0 Å². The first-order chi connectivity index (χ1) is 9.75. The van der Waals surface area contributed by atoms with Crippen LogP contribution in [0.15, 0.2) is 48.5 Å². The third kappa shape index (κ3) is 1.40. The van der Waals surface area contributed by atoms with Gasteiger partial charge in [0.25, 0.3) is 0 Å². The zero-order valence-electron chi connectivity index (χ0n) is 10.6. The third-order valence-electron chi connectivity index (χ3n) is 3.85. The van der Waals surface area contributed by atoms with Crippen LogP contribution in [0.4, 0.5) is 0 Å². The van der Waals surface area contributed by atoms with Crippen molar-refractivity contribution < 1.29 is 9.90 Å². The van der Waals surface area contributed by atoms with Crippen molar-refractivity contribution in [2.24, 2.45) is 0 Å². The van der Waals surface area contributed by atoms with Crippen molar-refractivity contribution in [2.45, 2.75) is 6.42 Å². The molecule has 1 heterocycles. The van der Waals surface area contributed by atoms with Crippen LogP contribution in [0.2, 0.25) is 0 Å². The highest BCUT2D eigenvalue weighted by molar-refractivity contribution is 6.04. The summed E-state index contributed by atoms with van der Waals surface area (Å²) in [4.78, 5) is 15.8. The molecule has 20 heavy (non-hydrogen) atoms. The van der Waals surface area contributed by atoms with Gasteiger partial charge in [-0.15, -0.1) is 0 Å². The lowest BCUT2D eigenvalue weighted by atomic mass is 9.99. The summed E-state index contributed by atoms with van der Waals surface area (Å²) >= 11 is 0. The largest absolute Gasteiger partial charge is 0.477 e. The number of rotatable bonds is 1. The van der Waals surface area contributed by atoms with E-state index in [0.717, 1.165) is 27.6 Å². The fourth-order valence-corrected chi connectivity index (χ4v) is 3.02. The zero-order valence-corrected chi connectivity index (χ0v) is 10.6. The first-order valence-electron chi connectivity index (χ1n) is 6.49. The molecule has 0 unspecified atom stereocenters. The van der Waals surface area contributed by atoms with E-state index in [1.807, 2.05) is 36.4 Å². The molecule has 0 radical (unpaired) electrons. The second kappa shape index (κ2) is 3.90. The SMILES string of the molecule is O=C(O)c1nc2ccccc2c2c1Cc1ccccc1-2. The Morgan fingerprint density at radius 1 is 1.05 bits per heavy atom. The molecular formula is C17H11NO2. The molecule has 1 aromatic heterocycles. The van der Waals surface area contributed by atoms with Crippen molar-refractivity contribution in [1.29, 1.82) is 0 Å². The standard InChI is InChI=1S/C17H11NO2/c19-17(20)16-13-9-10-5-1-2-6-11(10)15(13)12-7-3-4-8-14(12)18-16/h1-8H,9H2,(H,19,20). The first-order valence-corrected chi connectivity index (χ1v) is 6.49. The molecule has 0 spiro atoms. The molecule has 3 heteroatoms. The average Bonchev–Trinajstić information content (AvgIpc) is 2.85. The number of pyridine rings is 1. The van der Waals surface area contributed by atoms with Crippen molar-refractivity contribution in [3.05, 3.63) is 65.4 Å². The Labute approximate surface area is 115 Å². The molecule has 3 aromatic rings. The van der Waals surface area contributed by atoms with E-state index in [1.54, 1.807) is 0 Å². The number of fused-ring (bicyclic) bond motifs is 5. The van der Waals surface area contributed by atoms with Gasteiger partial charge in [-0.25, -0.2) is 9.78 Å². The maximum Gasteiger partial charge on any atom is 0.354 e. The molecule has 0 saturated carbocycles. The monoisotopic (exact) mass is 261 g/mol. The van der Waals surface area contributed by atoms with Crippen LogP contribution in [0.1, 0.15) is 21.6 Å². The molecule has 1 N–H and O–H groups in total. The average molecular weight is 261 g/mol. The van der Waals surface area contributed by atoms with Crippen LogP contribution in [0.5, 0.6) is 0 Å². The van der Waals surface area contributed by atoms with Crippen LogP contribution < -0.4 is 0 Å². The number of aromatic nitrogens is 1. The van der Waals surface area contributed by atoms with E-state index >= 15 is 0 Å². The lowest BCUT2D eigenvalue weighted by Crippen LogP contribution is -2.06. The lowest BCUT2D eigenvalue weighted by Gasteiger charge is -2.08. The Morgan fingerprint density at radius 3 is 2.65 bits per heavy atom. The first kappa shape index (κ1) is 11.2. The molecule has 4 rings (SSSR count). The molecule has 0 amide bonds. The number of carbonyl (C=O) groups is 1. The summed E-state index contributed by atoms with van der Waals surface area (Å²) < 4.78 is 0. The minimum absolute atomic E-state index is 0.176. The maximum absolute atomic E-state index is 11.5. The van der Waals surface area contributed by atoms with Crippen molar-refractivity contribution in [1.82, 2.24) is 4.98 Å². The molecule has 0 saturated heterocycles. The zero-order chi connectivity index (χ0) is 13.7. The predicted octanol–water partition coefficient (Wildman–Crippen LogP) is 3.50. The summed E-state index contributed by atoms with van der Waals surface area (Å²) in [5.74, 6) is -0.959. The van der Waals surface area contributed by atoms with E-state index in [2.05, 4.69) is 17.1 Å². The van der Waals surface area contributed by atoms with Crippen molar-refractivity contribution in [3.63, 3.8) is 0 Å². The minimum Gasteiger partial charge on any atom is -0.477 e. The van der Waals surface area contributed by atoms with Gasteiger partial charge in [-0.05, 0) is 28.3 Å². The quantitative estimate of drug-likeness (QED) is 0.570. The molecule has 3 nitrogen and oxygen atoms in total. The highest BCUT2D eigenvalue weighted by Crippen LogP contribution is 2.41. The fraction of sp³-hybridized carbons (Fsp3) is 0.0588. The Balaban J connectivity index is 2.19. The van der Waals surface area contributed by atoms with E-state index in [9.17, 15) is 9.90 Å². The van der Waals surface area contributed by atoms with Gasteiger partial charge < -0.3 is 5.11 Å². The summed E-state index contributed by atoms with van der Waals surface area (Å²) in [5, 5.41) is 10.5. The number of nitrogens with zero attached hydrogens (tertiary/aromatic N) is 1. The van der Waals surface area contributed by atoms with Gasteiger partial charge >= 0.3 is 5.97 Å². The molecule has 0 aliphatic heterocycles. The van der Waals surface area contributed by atoms with Crippen LogP contribution in [-0.2, 0) is 6.42 Å². The number of benzene rings is 2. The number of carboxylic acids is 1. The van der Waals surface area contributed by atoms with E-state index in [1.165, 1.54) is 5.56 Å². The Kier molecular flexibility index (Phi) is 2.18. The molecule has 1 aliphatic rings. The number of aromatic carboxylic acids is 1. The van der Waals surface area contributed by atoms with Gasteiger partial charge in [-0.2, -0.15) is 0 Å². The number of hydrogen-bond acceptors (Lipinski definition) is 2. The fourth-order valence-electron chi connectivity index (χ4n) is 3.02. The third-order valence-corrected chi connectivity index (χ3v) is 3.85. The summed E-state index contributed by atoms with van der Waals surface area (Å²) in [7, 11) is 0. The summed E-state index contributed by atoms with van der Waals surface area (Å²) in [6.07, 6.45) is 0.644. The summed E-state index contributed by atoms with van der Waals surface area (Å²) in [6, 6.07) is 15.8. The molecule has 0 fully saturated rings. The maximum atomic E-state index is 11.5. The van der Waals surface area contributed by atoms with Gasteiger partial charge in [0.05, 0.1) is 5.52 Å². The molecule has 1 aliphatic carbocycles. The van der Waals surface area contributed by atoms with Crippen molar-refractivity contribution >= 4 is 16.9 Å². The minimum atomic E-state index is -0.959. The lowest BCUT2D eigenvalue weighted by molar-refractivity contribution is 0.0690. The van der Waals surface area contributed by atoms with Gasteiger partial charge in [0.2, 0.25) is 0 Å². The van der Waals surface area contributed by atoms with Gasteiger partial charge in [0.15, 0.2) is 5.69 Å². The highest BCUT2D eigenvalue weighted by atomic mass is 16.4. The summed E-state index contributed by atoms with van der Waals surface area (Å²) in [6.45, 7) is 0.